The highest BCUT2D eigenvalue weighted by atomic mass is 16.5. The number of carbonyl (C=O) groups excluding carboxylic acids is 1. The third kappa shape index (κ3) is 5.09. The highest BCUT2D eigenvalue weighted by Gasteiger charge is 2.21. The molecule has 0 aliphatic carbocycles. The summed E-state index contributed by atoms with van der Waals surface area (Å²) in [4.78, 5) is 15.9. The lowest BCUT2D eigenvalue weighted by atomic mass is 9.96. The van der Waals surface area contributed by atoms with Crippen LogP contribution in [0, 0.1) is 0 Å². The van der Waals surface area contributed by atoms with E-state index >= 15 is 0 Å². The molecule has 1 fully saturated rings. The molecular formula is C14H23N3O4. The molecule has 2 heterocycles. The number of nitrogens with one attached hydrogen (secondary N) is 1. The molecule has 7 heteroatoms. The Morgan fingerprint density at radius 2 is 2.29 bits per heavy atom. The molecule has 1 aliphatic heterocycles. The Labute approximate surface area is 124 Å². The van der Waals surface area contributed by atoms with Gasteiger partial charge in [-0.2, -0.15) is 4.98 Å². The molecule has 1 atom stereocenters. The van der Waals surface area contributed by atoms with Crippen LogP contribution in [0.5, 0.6) is 0 Å². The topological polar surface area (TPSA) is 86.5 Å². The van der Waals surface area contributed by atoms with Gasteiger partial charge in [0.1, 0.15) is 6.61 Å². The van der Waals surface area contributed by atoms with Crippen molar-refractivity contribution in [2.75, 3.05) is 19.8 Å². The van der Waals surface area contributed by atoms with E-state index in [1.54, 1.807) is 0 Å². The van der Waals surface area contributed by atoms with Crippen molar-refractivity contribution in [3.63, 3.8) is 0 Å². The molecule has 2 rings (SSSR count). The van der Waals surface area contributed by atoms with Crippen molar-refractivity contribution in [3.8, 4) is 0 Å². The first-order valence-electron chi connectivity index (χ1n) is 7.24. The summed E-state index contributed by atoms with van der Waals surface area (Å²) in [7, 11) is 0. The second kappa shape index (κ2) is 7.00. The Balaban J connectivity index is 1.65. The molecule has 1 amide bonds. The van der Waals surface area contributed by atoms with Gasteiger partial charge >= 0.3 is 0 Å². The van der Waals surface area contributed by atoms with Crippen molar-refractivity contribution in [1.82, 2.24) is 15.5 Å². The Morgan fingerprint density at radius 1 is 1.48 bits per heavy atom. The molecule has 7 nitrogen and oxygen atoms in total. The molecule has 1 aliphatic rings. The molecule has 118 valence electrons. The summed E-state index contributed by atoms with van der Waals surface area (Å²) in [5.41, 5.74) is -0.170. The largest absolute Gasteiger partial charge is 0.376 e. The fraction of sp³-hybridized carbons (Fsp3) is 0.786. The standard InChI is InChI=1S/C14H23N3O4/c1-14(2,3)13-16-12(21-17-13)7-15-11(18)9-19-8-10-5-4-6-20-10/h10H,4-9H2,1-3H3,(H,15,18). The number of rotatable bonds is 6. The van der Waals surface area contributed by atoms with Crippen LogP contribution in [-0.2, 0) is 26.2 Å². The van der Waals surface area contributed by atoms with Crippen LogP contribution in [0.1, 0.15) is 45.3 Å². The SMILES string of the molecule is CC(C)(C)c1noc(CNC(=O)COCC2CCCO2)n1. The van der Waals surface area contributed by atoms with Gasteiger partial charge in [0.2, 0.25) is 11.8 Å². The predicted molar refractivity (Wildman–Crippen MR) is 74.6 cm³/mol. The lowest BCUT2D eigenvalue weighted by Crippen LogP contribution is -2.29. The summed E-state index contributed by atoms with van der Waals surface area (Å²) in [6.45, 7) is 7.47. The van der Waals surface area contributed by atoms with Crippen molar-refractivity contribution in [1.29, 1.82) is 0 Å². The van der Waals surface area contributed by atoms with Crippen LogP contribution in [0.4, 0.5) is 0 Å². The Bertz CT molecular complexity index is 461. The first-order valence-corrected chi connectivity index (χ1v) is 7.24. The van der Waals surface area contributed by atoms with Gasteiger partial charge in [0.15, 0.2) is 5.82 Å². The van der Waals surface area contributed by atoms with Crippen LogP contribution < -0.4 is 5.32 Å². The van der Waals surface area contributed by atoms with Crippen LogP contribution in [0.25, 0.3) is 0 Å². The third-order valence-corrected chi connectivity index (χ3v) is 3.14. The van der Waals surface area contributed by atoms with Gasteiger partial charge in [-0.1, -0.05) is 25.9 Å². The monoisotopic (exact) mass is 297 g/mol. The van der Waals surface area contributed by atoms with E-state index in [2.05, 4.69) is 15.5 Å². The fourth-order valence-corrected chi connectivity index (χ4v) is 1.92. The average molecular weight is 297 g/mol. The van der Waals surface area contributed by atoms with Gasteiger partial charge in [-0.3, -0.25) is 4.79 Å². The molecular weight excluding hydrogens is 274 g/mol. The Hall–Kier alpha value is -1.47. The van der Waals surface area contributed by atoms with Gasteiger partial charge in [0.25, 0.3) is 0 Å². The van der Waals surface area contributed by atoms with Crippen LogP contribution in [0.15, 0.2) is 4.52 Å². The quantitative estimate of drug-likeness (QED) is 0.848. The number of aromatic nitrogens is 2. The number of hydrogen-bond donors (Lipinski definition) is 1. The number of hydrogen-bond acceptors (Lipinski definition) is 6. The molecule has 1 unspecified atom stereocenters. The molecule has 1 aromatic heterocycles. The molecule has 0 bridgehead atoms. The minimum absolute atomic E-state index is 0.0140. The Morgan fingerprint density at radius 3 is 2.90 bits per heavy atom. The molecule has 0 spiro atoms. The average Bonchev–Trinajstić information content (AvgIpc) is 3.06. The van der Waals surface area contributed by atoms with E-state index in [1.807, 2.05) is 20.8 Å². The second-order valence-corrected chi connectivity index (χ2v) is 6.19. The number of ether oxygens (including phenoxy) is 2. The van der Waals surface area contributed by atoms with E-state index in [0.717, 1.165) is 19.4 Å². The van der Waals surface area contributed by atoms with Gasteiger partial charge in [-0.15, -0.1) is 0 Å². The highest BCUT2D eigenvalue weighted by Crippen LogP contribution is 2.18. The van der Waals surface area contributed by atoms with E-state index in [9.17, 15) is 4.79 Å². The van der Waals surface area contributed by atoms with Crippen molar-refractivity contribution in [2.45, 2.75) is 51.7 Å². The van der Waals surface area contributed by atoms with Gasteiger partial charge in [0.05, 0.1) is 19.3 Å². The summed E-state index contributed by atoms with van der Waals surface area (Å²) in [6.07, 6.45) is 2.19. The zero-order valence-electron chi connectivity index (χ0n) is 12.8. The van der Waals surface area contributed by atoms with Gasteiger partial charge < -0.3 is 19.3 Å². The second-order valence-electron chi connectivity index (χ2n) is 6.19. The maximum atomic E-state index is 11.6. The zero-order chi connectivity index (χ0) is 15.3. The van der Waals surface area contributed by atoms with E-state index in [0.29, 0.717) is 18.3 Å². The summed E-state index contributed by atoms with van der Waals surface area (Å²) in [5, 5.41) is 6.58. The Kier molecular flexibility index (Phi) is 5.30. The minimum Gasteiger partial charge on any atom is -0.376 e. The van der Waals surface area contributed by atoms with Crippen LogP contribution >= 0.6 is 0 Å². The van der Waals surface area contributed by atoms with Crippen molar-refractivity contribution in [2.24, 2.45) is 0 Å². The lowest BCUT2D eigenvalue weighted by Gasteiger charge is -2.11. The number of carbonyl (C=O) groups is 1. The maximum Gasteiger partial charge on any atom is 0.246 e. The van der Waals surface area contributed by atoms with Crippen molar-refractivity contribution < 1.29 is 18.8 Å². The van der Waals surface area contributed by atoms with E-state index in [1.165, 1.54) is 0 Å². The van der Waals surface area contributed by atoms with Crippen LogP contribution in [-0.4, -0.2) is 42.0 Å². The first kappa shape index (κ1) is 15.9. The zero-order valence-corrected chi connectivity index (χ0v) is 12.8. The van der Waals surface area contributed by atoms with Crippen molar-refractivity contribution >= 4 is 5.91 Å². The smallest absolute Gasteiger partial charge is 0.246 e. The van der Waals surface area contributed by atoms with E-state index < -0.39 is 0 Å². The number of nitrogens with zero attached hydrogens (tertiary/aromatic N) is 2. The first-order chi connectivity index (χ1) is 9.95. The van der Waals surface area contributed by atoms with E-state index in [-0.39, 0.29) is 30.6 Å². The summed E-state index contributed by atoms with van der Waals surface area (Å²) < 4.78 is 15.8. The molecule has 1 saturated heterocycles. The third-order valence-electron chi connectivity index (χ3n) is 3.14. The molecule has 1 aromatic rings. The van der Waals surface area contributed by atoms with Crippen LogP contribution in [0.3, 0.4) is 0 Å². The molecule has 21 heavy (non-hydrogen) atoms. The van der Waals surface area contributed by atoms with Crippen LogP contribution in [0.2, 0.25) is 0 Å². The van der Waals surface area contributed by atoms with Gasteiger partial charge in [-0.05, 0) is 12.8 Å². The van der Waals surface area contributed by atoms with E-state index in [4.69, 9.17) is 14.0 Å². The molecule has 0 radical (unpaired) electrons. The normalized spacial score (nSPS) is 18.9. The minimum atomic E-state index is -0.205. The maximum absolute atomic E-state index is 11.6. The predicted octanol–water partition coefficient (Wildman–Crippen LogP) is 1.18. The summed E-state index contributed by atoms with van der Waals surface area (Å²) in [6, 6.07) is 0. The molecule has 0 aromatic carbocycles. The number of amides is 1. The summed E-state index contributed by atoms with van der Waals surface area (Å²) in [5.74, 6) is 0.817. The highest BCUT2D eigenvalue weighted by molar-refractivity contribution is 5.77. The fourth-order valence-electron chi connectivity index (χ4n) is 1.92. The summed E-state index contributed by atoms with van der Waals surface area (Å²) >= 11 is 0. The molecule has 0 saturated carbocycles. The van der Waals surface area contributed by atoms with Gasteiger partial charge in [-0.25, -0.2) is 0 Å². The molecule has 1 N–H and O–H groups in total. The van der Waals surface area contributed by atoms with Crippen molar-refractivity contribution in [3.05, 3.63) is 11.7 Å². The van der Waals surface area contributed by atoms with Gasteiger partial charge in [0, 0.05) is 12.0 Å². The lowest BCUT2D eigenvalue weighted by molar-refractivity contribution is -0.127.